The molecule has 0 amide bonds. The third kappa shape index (κ3) is 3.55. The van der Waals surface area contributed by atoms with Crippen molar-refractivity contribution < 1.29 is 46.0 Å². The Hall–Kier alpha value is -0.806. The molecule has 0 aliphatic carbocycles. The molecule has 12 heavy (non-hydrogen) atoms. The van der Waals surface area contributed by atoms with Crippen LogP contribution in [0.4, 0.5) is 0 Å². The van der Waals surface area contributed by atoms with Gasteiger partial charge in [-0.15, -0.1) is 0 Å². The molecule has 0 bridgehead atoms. The summed E-state index contributed by atoms with van der Waals surface area (Å²) in [7, 11) is 0. The molecule has 64 valence electrons. The summed E-state index contributed by atoms with van der Waals surface area (Å²) in [5.41, 5.74) is 0. The second-order valence-corrected chi connectivity index (χ2v) is 1.90. The first-order valence-corrected chi connectivity index (χ1v) is 2.73. The Morgan fingerprint density at radius 1 is 1.33 bits per heavy atom. The van der Waals surface area contributed by atoms with Crippen LogP contribution in [0.1, 0.15) is 6.92 Å². The first kappa shape index (κ1) is 13.8. The van der Waals surface area contributed by atoms with Crippen molar-refractivity contribution in [3.05, 3.63) is 0 Å². The van der Waals surface area contributed by atoms with E-state index in [1.807, 2.05) is 0 Å². The molecule has 0 aliphatic heterocycles. The number of carbonyl (C=O) groups excluding carboxylic acids is 3. The Morgan fingerprint density at radius 3 is 1.83 bits per heavy atom. The van der Waals surface area contributed by atoms with Gasteiger partial charge in [-0.25, -0.2) is 0 Å². The van der Waals surface area contributed by atoms with E-state index >= 15 is 0 Å². The number of Topliss-reactive ketones (excluding diaryl/α,β-unsaturated/α-hetero) is 2. The minimum atomic E-state index is -1.83. The van der Waals surface area contributed by atoms with E-state index in [0.717, 1.165) is 6.92 Å². The Kier molecular flexibility index (Phi) is 6.65. The Bertz CT molecular complexity index is 208. The number of hydrogen-bond acceptors (Lipinski definition) is 4. The van der Waals surface area contributed by atoms with Crippen LogP contribution in [0.3, 0.4) is 0 Å². The van der Waals surface area contributed by atoms with Gasteiger partial charge in [0.2, 0.25) is 5.78 Å². The van der Waals surface area contributed by atoms with E-state index in [0.29, 0.717) is 0 Å². The molecule has 0 rings (SSSR count). The summed E-state index contributed by atoms with van der Waals surface area (Å²) >= 11 is 0. The largest absolute Gasteiger partial charge is 0.480 e. The quantitative estimate of drug-likeness (QED) is 0.277. The first-order chi connectivity index (χ1) is 5.00. The van der Waals surface area contributed by atoms with E-state index in [4.69, 9.17) is 5.11 Å². The van der Waals surface area contributed by atoms with E-state index in [-0.39, 0.29) is 28.0 Å². The monoisotopic (exact) mass is 206 g/mol. The van der Waals surface area contributed by atoms with Gasteiger partial charge >= 0.3 is 5.97 Å². The van der Waals surface area contributed by atoms with Gasteiger partial charge in [0, 0.05) is 21.7 Å². The van der Waals surface area contributed by atoms with Crippen molar-refractivity contribution in [1.82, 2.24) is 0 Å². The summed E-state index contributed by atoms with van der Waals surface area (Å²) in [5.74, 6) is -5.47. The number of carboxylic acids is 1. The van der Waals surface area contributed by atoms with E-state index in [2.05, 4.69) is 0 Å². The van der Waals surface area contributed by atoms with E-state index in [1.54, 1.807) is 0 Å². The molecule has 6 heteroatoms. The molecular weight excluding hydrogens is 200 g/mol. The Morgan fingerprint density at radius 2 is 1.75 bits per heavy atom. The van der Waals surface area contributed by atoms with Crippen molar-refractivity contribution in [2.75, 3.05) is 0 Å². The Balaban J connectivity index is 0. The van der Waals surface area contributed by atoms with Gasteiger partial charge < -0.3 is 5.11 Å². The molecule has 0 saturated heterocycles. The number of hydrogen-bond donors (Lipinski definition) is 1. The fourth-order valence-electron chi connectivity index (χ4n) is 0.564. The zero-order chi connectivity index (χ0) is 9.02. The topological polar surface area (TPSA) is 88.5 Å². The molecule has 5 nitrogen and oxygen atoms in total. The average Bonchev–Trinajstić information content (AvgIpc) is 1.85. The van der Waals surface area contributed by atoms with E-state index in [9.17, 15) is 19.2 Å². The smallest absolute Gasteiger partial charge is 0.322 e. The third-order valence-electron chi connectivity index (χ3n) is 1.05. The minimum Gasteiger partial charge on any atom is -0.480 e. The first-order valence-electron chi connectivity index (χ1n) is 2.73. The third-order valence-corrected chi connectivity index (χ3v) is 1.05. The molecule has 0 aromatic carbocycles. The molecule has 0 aromatic heterocycles. The van der Waals surface area contributed by atoms with Crippen LogP contribution in [0.5, 0.6) is 0 Å². The fraction of sp³-hybridized carbons (Fsp3) is 0.333. The van der Waals surface area contributed by atoms with Gasteiger partial charge in [0.15, 0.2) is 18.0 Å². The molecule has 0 saturated carbocycles. The van der Waals surface area contributed by atoms with Crippen LogP contribution in [0.15, 0.2) is 0 Å². The number of carboxylic acid groups (broad SMARTS) is 1. The van der Waals surface area contributed by atoms with Crippen molar-refractivity contribution in [2.45, 2.75) is 6.92 Å². The average molecular weight is 206 g/mol. The summed E-state index contributed by atoms with van der Waals surface area (Å²) in [6.07, 6.45) is -0.166. The maximum absolute atomic E-state index is 10.4. The van der Waals surface area contributed by atoms with Crippen LogP contribution in [-0.2, 0) is 40.9 Å². The van der Waals surface area contributed by atoms with Crippen LogP contribution in [-0.4, -0.2) is 28.9 Å². The normalized spacial score (nSPS) is 10.8. The molecule has 0 aromatic rings. The molecule has 1 N–H and O–H groups in total. The molecule has 0 radical (unpaired) electrons. The predicted octanol–water partition coefficient (Wildman–Crippen LogP) is -0.958. The minimum absolute atomic E-state index is 0. The van der Waals surface area contributed by atoms with Gasteiger partial charge in [-0.05, 0) is 6.92 Å². The predicted molar refractivity (Wildman–Crippen MR) is 32.9 cm³/mol. The van der Waals surface area contributed by atoms with Crippen LogP contribution >= 0.6 is 0 Å². The number of aldehydes is 1. The van der Waals surface area contributed by atoms with Gasteiger partial charge in [-0.2, -0.15) is 0 Å². The summed E-state index contributed by atoms with van der Waals surface area (Å²) < 4.78 is 0. The SMILES string of the molecule is CC(=O)C(C(=O)O)C(=O)C=O.[Ti]. The van der Waals surface area contributed by atoms with Crippen molar-refractivity contribution in [3.63, 3.8) is 0 Å². The molecule has 0 aliphatic rings. The number of ketones is 2. The summed E-state index contributed by atoms with van der Waals surface area (Å²) in [4.78, 5) is 40.8. The maximum Gasteiger partial charge on any atom is 0.322 e. The zero-order valence-electron chi connectivity index (χ0n) is 6.23. The molecule has 0 spiro atoms. The number of carbonyl (C=O) groups is 4. The molecular formula is C6H6O5Ti. The molecule has 0 heterocycles. The zero-order valence-corrected chi connectivity index (χ0v) is 7.80. The van der Waals surface area contributed by atoms with Gasteiger partial charge in [0.1, 0.15) is 0 Å². The van der Waals surface area contributed by atoms with Gasteiger partial charge in [0.05, 0.1) is 0 Å². The van der Waals surface area contributed by atoms with Crippen LogP contribution in [0.2, 0.25) is 0 Å². The second-order valence-electron chi connectivity index (χ2n) is 1.90. The van der Waals surface area contributed by atoms with Crippen LogP contribution in [0.25, 0.3) is 0 Å². The summed E-state index contributed by atoms with van der Waals surface area (Å²) in [5, 5.41) is 8.24. The van der Waals surface area contributed by atoms with Crippen molar-refractivity contribution in [3.8, 4) is 0 Å². The molecule has 0 fully saturated rings. The van der Waals surface area contributed by atoms with Crippen molar-refractivity contribution >= 4 is 23.8 Å². The van der Waals surface area contributed by atoms with Crippen molar-refractivity contribution in [2.24, 2.45) is 5.92 Å². The van der Waals surface area contributed by atoms with Crippen LogP contribution < -0.4 is 0 Å². The fourth-order valence-corrected chi connectivity index (χ4v) is 0.564. The van der Waals surface area contributed by atoms with E-state index in [1.165, 1.54) is 0 Å². The summed E-state index contributed by atoms with van der Waals surface area (Å²) in [6, 6.07) is 0. The standard InChI is InChI=1S/C6H6O5.Ti/c1-3(8)5(6(10)11)4(9)2-7;/h2,5H,1H3,(H,10,11);. The Labute approximate surface area is 83.0 Å². The number of aliphatic carboxylic acids is 1. The van der Waals surface area contributed by atoms with E-state index < -0.39 is 23.5 Å². The molecule has 1 atom stereocenters. The summed E-state index contributed by atoms with van der Waals surface area (Å²) in [6.45, 7) is 0.945. The molecule has 1 unspecified atom stereocenters. The van der Waals surface area contributed by atoms with Crippen molar-refractivity contribution in [1.29, 1.82) is 0 Å². The van der Waals surface area contributed by atoms with Gasteiger partial charge in [-0.3, -0.25) is 19.2 Å². The van der Waals surface area contributed by atoms with Gasteiger partial charge in [-0.1, -0.05) is 0 Å². The van der Waals surface area contributed by atoms with Gasteiger partial charge in [0.25, 0.3) is 0 Å². The number of rotatable bonds is 4. The second kappa shape index (κ2) is 5.80. The van der Waals surface area contributed by atoms with Crippen LogP contribution in [0, 0.1) is 5.92 Å². The maximum atomic E-state index is 10.4.